The highest BCUT2D eigenvalue weighted by molar-refractivity contribution is 7.17. The van der Waals surface area contributed by atoms with E-state index in [9.17, 15) is 19.2 Å². The first kappa shape index (κ1) is 19.0. The van der Waals surface area contributed by atoms with Gasteiger partial charge in [-0.05, 0) is 41.8 Å². The fourth-order valence-corrected chi connectivity index (χ4v) is 4.02. The largest absolute Gasteiger partial charge is 0.294 e. The molecule has 5 nitrogen and oxygen atoms in total. The maximum atomic E-state index is 13.7. The molecule has 0 aliphatic heterocycles. The molecule has 2 aromatic carbocycles. The lowest BCUT2D eigenvalue weighted by Crippen LogP contribution is -2.25. The predicted octanol–water partition coefficient (Wildman–Crippen LogP) is 4.54. The molecule has 4 aromatic rings. The second kappa shape index (κ2) is 7.59. The first-order chi connectivity index (χ1) is 14.0. The molecule has 142 valence electrons. The Balaban J connectivity index is 1.90. The molecule has 2 aromatic heterocycles. The van der Waals surface area contributed by atoms with Crippen molar-refractivity contribution in [3.05, 3.63) is 92.1 Å². The molecule has 0 unspecified atom stereocenters. The van der Waals surface area contributed by atoms with Gasteiger partial charge in [0.25, 0.3) is 5.56 Å². The normalized spacial score (nSPS) is 10.8. The van der Waals surface area contributed by atoms with Crippen molar-refractivity contribution in [1.82, 2.24) is 9.55 Å². The van der Waals surface area contributed by atoms with Gasteiger partial charge in [0.05, 0.1) is 34.3 Å². The molecule has 0 spiro atoms. The number of nitrogens with zero attached hydrogens (tertiary/aromatic N) is 3. The van der Waals surface area contributed by atoms with Crippen LogP contribution >= 0.6 is 22.9 Å². The van der Waals surface area contributed by atoms with E-state index in [1.165, 1.54) is 22.0 Å². The van der Waals surface area contributed by atoms with Crippen LogP contribution in [-0.4, -0.2) is 15.3 Å². The van der Waals surface area contributed by atoms with Gasteiger partial charge in [-0.1, -0.05) is 23.7 Å². The molecule has 0 saturated carbocycles. The molecule has 0 aliphatic rings. The predicted molar refractivity (Wildman–Crippen MR) is 109 cm³/mol. The van der Waals surface area contributed by atoms with Gasteiger partial charge < -0.3 is 0 Å². The number of Topliss-reactive ketones (excluding diaryl/α,β-unsaturated/α-hetero) is 1. The second-order valence-corrected chi connectivity index (χ2v) is 7.48. The molecule has 0 aliphatic carbocycles. The summed E-state index contributed by atoms with van der Waals surface area (Å²) >= 11 is 7.53. The van der Waals surface area contributed by atoms with Gasteiger partial charge in [-0.15, -0.1) is 11.3 Å². The third-order valence-corrected chi connectivity index (χ3v) is 5.58. The number of halogens is 2. The topological polar surface area (TPSA) is 75.8 Å². The Bertz CT molecular complexity index is 1370. The summed E-state index contributed by atoms with van der Waals surface area (Å²) in [7, 11) is 0. The lowest BCUT2D eigenvalue weighted by molar-refractivity contribution is 0.0989. The van der Waals surface area contributed by atoms with Crippen LogP contribution < -0.4 is 5.56 Å². The SMILES string of the molecule is N#Cc1ccc(F)cc1C(=O)Cc1nc2ccsc2c(=O)n1-c1ccccc1Cl. The standard InChI is InChI=1S/C21H11ClFN3O2S/c22-15-3-1-2-4-17(15)26-19(25-16-7-8-29-20(16)21(26)28)10-18(27)14-9-13(23)6-5-12(14)11-24/h1-9H,10H2. The van der Waals surface area contributed by atoms with Gasteiger partial charge in [-0.25, -0.2) is 9.37 Å². The number of thiophene rings is 1. The highest BCUT2D eigenvalue weighted by atomic mass is 35.5. The van der Waals surface area contributed by atoms with Crippen molar-refractivity contribution in [2.24, 2.45) is 0 Å². The van der Waals surface area contributed by atoms with E-state index in [1.54, 1.807) is 35.7 Å². The van der Waals surface area contributed by atoms with Gasteiger partial charge in [-0.3, -0.25) is 14.2 Å². The number of ketones is 1. The molecule has 0 amide bonds. The summed E-state index contributed by atoms with van der Waals surface area (Å²) < 4.78 is 15.4. The molecule has 0 N–H and O–H groups in total. The number of carbonyl (C=O) groups is 1. The third-order valence-electron chi connectivity index (χ3n) is 4.36. The van der Waals surface area contributed by atoms with E-state index in [0.29, 0.717) is 20.9 Å². The molecule has 0 fully saturated rings. The minimum absolute atomic E-state index is 0.0552. The zero-order valence-corrected chi connectivity index (χ0v) is 16.3. The van der Waals surface area contributed by atoms with Crippen LogP contribution in [0.3, 0.4) is 0 Å². The van der Waals surface area contributed by atoms with Crippen molar-refractivity contribution < 1.29 is 9.18 Å². The quantitative estimate of drug-likeness (QED) is 0.452. The number of nitriles is 1. The van der Waals surface area contributed by atoms with Crippen molar-refractivity contribution in [1.29, 1.82) is 5.26 Å². The molecule has 0 atom stereocenters. The Hall–Kier alpha value is -3.34. The summed E-state index contributed by atoms with van der Waals surface area (Å²) in [5.74, 6) is -0.993. The summed E-state index contributed by atoms with van der Waals surface area (Å²) in [4.78, 5) is 30.5. The van der Waals surface area contributed by atoms with Crippen molar-refractivity contribution in [3.8, 4) is 11.8 Å². The van der Waals surface area contributed by atoms with Crippen LogP contribution in [0.1, 0.15) is 21.7 Å². The Morgan fingerprint density at radius 1 is 1.24 bits per heavy atom. The van der Waals surface area contributed by atoms with E-state index in [-0.39, 0.29) is 28.9 Å². The van der Waals surface area contributed by atoms with Crippen LogP contribution in [0.25, 0.3) is 15.9 Å². The number of carbonyl (C=O) groups excluding carboxylic acids is 1. The maximum Gasteiger partial charge on any atom is 0.276 e. The van der Waals surface area contributed by atoms with Crippen LogP contribution in [0.5, 0.6) is 0 Å². The fourth-order valence-electron chi connectivity index (χ4n) is 3.04. The molecule has 0 radical (unpaired) electrons. The summed E-state index contributed by atoms with van der Waals surface area (Å²) in [6, 6.07) is 13.7. The summed E-state index contributed by atoms with van der Waals surface area (Å²) in [6.45, 7) is 0. The summed E-state index contributed by atoms with van der Waals surface area (Å²) in [6.07, 6.45) is -0.301. The van der Waals surface area contributed by atoms with E-state index in [1.807, 2.05) is 6.07 Å². The van der Waals surface area contributed by atoms with Crippen LogP contribution in [0.2, 0.25) is 5.02 Å². The zero-order valence-electron chi connectivity index (χ0n) is 14.7. The smallest absolute Gasteiger partial charge is 0.276 e. The van der Waals surface area contributed by atoms with Crippen LogP contribution in [0, 0.1) is 17.1 Å². The fraction of sp³-hybridized carbons (Fsp3) is 0.0476. The van der Waals surface area contributed by atoms with Crippen molar-refractivity contribution in [2.45, 2.75) is 6.42 Å². The van der Waals surface area contributed by atoms with Gasteiger partial charge in [0.1, 0.15) is 16.3 Å². The van der Waals surface area contributed by atoms with Crippen molar-refractivity contribution in [2.75, 3.05) is 0 Å². The van der Waals surface area contributed by atoms with Crippen LogP contribution in [0.15, 0.2) is 58.7 Å². The molecule has 29 heavy (non-hydrogen) atoms. The minimum Gasteiger partial charge on any atom is -0.294 e. The van der Waals surface area contributed by atoms with Crippen LogP contribution in [-0.2, 0) is 6.42 Å². The lowest BCUT2D eigenvalue weighted by atomic mass is 10.0. The second-order valence-electron chi connectivity index (χ2n) is 6.16. The molecule has 4 rings (SSSR count). The third kappa shape index (κ3) is 3.44. The average molecular weight is 424 g/mol. The number of aromatic nitrogens is 2. The Kier molecular flexibility index (Phi) is 4.97. The molecular weight excluding hydrogens is 413 g/mol. The van der Waals surface area contributed by atoms with Gasteiger partial charge in [0.15, 0.2) is 5.78 Å². The van der Waals surface area contributed by atoms with Gasteiger partial charge >= 0.3 is 0 Å². The van der Waals surface area contributed by atoms with E-state index in [2.05, 4.69) is 4.98 Å². The summed E-state index contributed by atoms with van der Waals surface area (Å²) in [5, 5.41) is 11.3. The lowest BCUT2D eigenvalue weighted by Gasteiger charge is -2.13. The minimum atomic E-state index is -0.628. The zero-order chi connectivity index (χ0) is 20.5. The van der Waals surface area contributed by atoms with E-state index in [4.69, 9.17) is 11.6 Å². The molecule has 2 heterocycles. The first-order valence-corrected chi connectivity index (χ1v) is 9.72. The maximum absolute atomic E-state index is 13.7. The Labute approximate surface area is 173 Å². The van der Waals surface area contributed by atoms with Crippen molar-refractivity contribution >= 4 is 38.9 Å². The highest BCUT2D eigenvalue weighted by Crippen LogP contribution is 2.23. The number of rotatable bonds is 4. The molecule has 8 heteroatoms. The van der Waals surface area contributed by atoms with E-state index in [0.717, 1.165) is 12.1 Å². The van der Waals surface area contributed by atoms with Crippen molar-refractivity contribution in [3.63, 3.8) is 0 Å². The van der Waals surface area contributed by atoms with E-state index >= 15 is 0 Å². The molecular formula is C21H11ClFN3O2S. The monoisotopic (exact) mass is 423 g/mol. The van der Waals surface area contributed by atoms with Gasteiger partial charge in [0, 0.05) is 5.56 Å². The summed E-state index contributed by atoms with van der Waals surface area (Å²) in [5.41, 5.74) is 0.508. The van der Waals surface area contributed by atoms with E-state index < -0.39 is 11.6 Å². The van der Waals surface area contributed by atoms with Gasteiger partial charge in [0.2, 0.25) is 0 Å². The first-order valence-electron chi connectivity index (χ1n) is 8.46. The molecule has 0 saturated heterocycles. The average Bonchev–Trinajstić information content (AvgIpc) is 3.18. The number of hydrogen-bond acceptors (Lipinski definition) is 5. The number of hydrogen-bond donors (Lipinski definition) is 0. The Morgan fingerprint density at radius 2 is 2.03 bits per heavy atom. The number of para-hydroxylation sites is 1. The Morgan fingerprint density at radius 3 is 2.79 bits per heavy atom. The van der Waals surface area contributed by atoms with Crippen LogP contribution in [0.4, 0.5) is 4.39 Å². The highest BCUT2D eigenvalue weighted by Gasteiger charge is 2.20. The van der Waals surface area contributed by atoms with Gasteiger partial charge in [-0.2, -0.15) is 5.26 Å². The number of benzene rings is 2. The number of fused-ring (bicyclic) bond motifs is 1. The molecule has 0 bridgehead atoms.